The topological polar surface area (TPSA) is 38.7 Å². The van der Waals surface area contributed by atoms with Gasteiger partial charge in [-0.2, -0.15) is 0 Å². The van der Waals surface area contributed by atoms with Gasteiger partial charge in [0, 0.05) is 22.1 Å². The number of ether oxygens (including phenoxy) is 2. The lowest BCUT2D eigenvalue weighted by Crippen LogP contribution is -2.34. The summed E-state index contributed by atoms with van der Waals surface area (Å²) in [6, 6.07) is 25.0. The highest BCUT2D eigenvalue weighted by molar-refractivity contribution is 5.97. The van der Waals surface area contributed by atoms with Crippen LogP contribution in [-0.2, 0) is 12.2 Å². The minimum absolute atomic E-state index is 0.0678. The number of aliphatic hydroxyl groups is 1. The highest BCUT2D eigenvalue weighted by Gasteiger charge is 2.38. The zero-order chi connectivity index (χ0) is 23.9. The van der Waals surface area contributed by atoms with Gasteiger partial charge in [0.1, 0.15) is 11.5 Å². The first-order chi connectivity index (χ1) is 16.5. The average molecular weight is 451 g/mol. The van der Waals surface area contributed by atoms with E-state index in [2.05, 4.69) is 75.4 Å². The fourth-order valence-electron chi connectivity index (χ4n) is 4.92. The molecule has 172 valence electrons. The maximum absolute atomic E-state index is 10.2. The van der Waals surface area contributed by atoms with Gasteiger partial charge in [-0.05, 0) is 53.6 Å². The average Bonchev–Trinajstić information content (AvgIpc) is 2.88. The molecule has 1 aliphatic rings. The van der Waals surface area contributed by atoms with Gasteiger partial charge in [-0.3, -0.25) is 0 Å². The molecule has 3 nitrogen and oxygen atoms in total. The number of hydrogen-bond acceptors (Lipinski definition) is 3. The Morgan fingerprint density at radius 1 is 0.912 bits per heavy atom. The predicted molar refractivity (Wildman–Crippen MR) is 139 cm³/mol. The van der Waals surface area contributed by atoms with Crippen LogP contribution in [0.4, 0.5) is 0 Å². The van der Waals surface area contributed by atoms with Crippen LogP contribution in [-0.4, -0.2) is 12.2 Å². The first-order valence-electron chi connectivity index (χ1n) is 11.8. The van der Waals surface area contributed by atoms with Crippen LogP contribution in [0.2, 0.25) is 0 Å². The molecule has 5 rings (SSSR count). The van der Waals surface area contributed by atoms with E-state index < -0.39 is 5.60 Å². The number of aryl methyl sites for hydroxylation is 1. The van der Waals surface area contributed by atoms with Crippen molar-refractivity contribution in [1.82, 2.24) is 0 Å². The molecule has 0 aromatic heterocycles. The molecule has 1 unspecified atom stereocenters. The van der Waals surface area contributed by atoms with Gasteiger partial charge in [-0.25, -0.2) is 0 Å². The molecular weight excluding hydrogens is 420 g/mol. The van der Waals surface area contributed by atoms with Crippen molar-refractivity contribution in [3.05, 3.63) is 112 Å². The second-order valence-electron chi connectivity index (χ2n) is 9.31. The van der Waals surface area contributed by atoms with Gasteiger partial charge in [-0.15, -0.1) is 0 Å². The number of hydrogen-bond donors (Lipinski definition) is 1. The van der Waals surface area contributed by atoms with Crippen LogP contribution < -0.4 is 9.47 Å². The second-order valence-corrected chi connectivity index (χ2v) is 9.31. The van der Waals surface area contributed by atoms with E-state index in [1.807, 2.05) is 30.3 Å². The van der Waals surface area contributed by atoms with Crippen LogP contribution in [0, 0.1) is 6.92 Å². The Bertz CT molecular complexity index is 1370. The maximum Gasteiger partial charge on any atom is 0.178 e. The quantitative estimate of drug-likeness (QED) is 0.352. The summed E-state index contributed by atoms with van der Waals surface area (Å²) in [6.45, 7) is 6.41. The molecule has 1 atom stereocenters. The number of benzene rings is 4. The molecule has 0 fully saturated rings. The first-order valence-corrected chi connectivity index (χ1v) is 11.8. The largest absolute Gasteiger partial charge is 0.497 e. The fourth-order valence-corrected chi connectivity index (χ4v) is 4.92. The molecule has 1 N–H and O–H groups in total. The molecule has 0 spiro atoms. The molecule has 0 bridgehead atoms. The van der Waals surface area contributed by atoms with Gasteiger partial charge < -0.3 is 14.6 Å². The van der Waals surface area contributed by atoms with Crippen molar-refractivity contribution >= 4 is 16.8 Å². The lowest BCUT2D eigenvalue weighted by atomic mass is 9.81. The Balaban J connectivity index is 1.84. The molecule has 0 saturated heterocycles. The Labute approximate surface area is 201 Å². The summed E-state index contributed by atoms with van der Waals surface area (Å²) in [7, 11) is 1.65. The van der Waals surface area contributed by atoms with E-state index in [1.54, 1.807) is 7.11 Å². The Hall–Kier alpha value is -3.56. The molecule has 4 aromatic carbocycles. The molecule has 1 heterocycles. The first kappa shape index (κ1) is 22.2. The second kappa shape index (κ2) is 8.66. The van der Waals surface area contributed by atoms with Crippen LogP contribution in [0.15, 0.2) is 78.9 Å². The third kappa shape index (κ3) is 3.57. The highest BCUT2D eigenvalue weighted by atomic mass is 16.5. The molecule has 0 amide bonds. The summed E-state index contributed by atoms with van der Waals surface area (Å²) < 4.78 is 12.7. The summed E-state index contributed by atoms with van der Waals surface area (Å²) >= 11 is 0. The Kier molecular flexibility index (Phi) is 5.66. The lowest BCUT2D eigenvalue weighted by Gasteiger charge is -2.37. The van der Waals surface area contributed by atoms with Crippen molar-refractivity contribution in [2.75, 3.05) is 7.11 Å². The third-order valence-corrected chi connectivity index (χ3v) is 6.80. The smallest absolute Gasteiger partial charge is 0.178 e. The monoisotopic (exact) mass is 450 g/mol. The summed E-state index contributed by atoms with van der Waals surface area (Å²) in [5.74, 6) is 1.82. The number of methoxy groups -OCH3 is 1. The fraction of sp³-hybridized carbons (Fsp3) is 0.226. The van der Waals surface area contributed by atoms with Crippen LogP contribution in [0.5, 0.6) is 11.5 Å². The molecular formula is C31H30O3. The van der Waals surface area contributed by atoms with Crippen LogP contribution in [0.25, 0.3) is 16.8 Å². The highest BCUT2D eigenvalue weighted by Crippen LogP contribution is 2.48. The lowest BCUT2D eigenvalue weighted by molar-refractivity contribution is 0.163. The van der Waals surface area contributed by atoms with Crippen molar-refractivity contribution in [2.45, 2.75) is 38.9 Å². The Morgan fingerprint density at radius 2 is 1.62 bits per heavy atom. The van der Waals surface area contributed by atoms with Crippen molar-refractivity contribution in [3.63, 3.8) is 0 Å². The summed E-state index contributed by atoms with van der Waals surface area (Å²) in [6.07, 6.45) is 4.39. The number of aliphatic hydroxyl groups excluding tert-OH is 1. The Morgan fingerprint density at radius 3 is 2.26 bits per heavy atom. The van der Waals surface area contributed by atoms with Crippen molar-refractivity contribution in [2.24, 2.45) is 0 Å². The van der Waals surface area contributed by atoms with Crippen LogP contribution in [0.3, 0.4) is 0 Å². The maximum atomic E-state index is 10.2. The number of rotatable bonds is 5. The van der Waals surface area contributed by atoms with Crippen LogP contribution in [0.1, 0.15) is 53.1 Å². The molecule has 0 saturated carbocycles. The normalized spacial score (nSPS) is 17.0. The van der Waals surface area contributed by atoms with E-state index in [-0.39, 0.29) is 6.61 Å². The molecule has 1 aliphatic heterocycles. The summed E-state index contributed by atoms with van der Waals surface area (Å²) in [4.78, 5) is 0. The SMILES string of the molecule is COc1cc(CO)c2cc(C(C)C)c3c(c2c1)OC(c1ccccc1)(c1ccc(C)cc1)C=C3. The van der Waals surface area contributed by atoms with E-state index in [1.165, 1.54) is 11.1 Å². The summed E-state index contributed by atoms with van der Waals surface area (Å²) in [5, 5.41) is 12.1. The van der Waals surface area contributed by atoms with Gasteiger partial charge in [0.25, 0.3) is 0 Å². The zero-order valence-electron chi connectivity index (χ0n) is 20.1. The van der Waals surface area contributed by atoms with Crippen LogP contribution >= 0.6 is 0 Å². The predicted octanol–water partition coefficient (Wildman–Crippen LogP) is 7.12. The standard InChI is InChI=1S/C31H30O3/c1-20(2)27-18-28-22(19-32)16-25(33-4)17-29(28)30-26(27)14-15-31(34-30,23-8-6-5-7-9-23)24-12-10-21(3)11-13-24/h5-18,20,32H,19H2,1-4H3. The van der Waals surface area contributed by atoms with Gasteiger partial charge in [0.05, 0.1) is 13.7 Å². The molecule has 0 aliphatic carbocycles. The van der Waals surface area contributed by atoms with Gasteiger partial charge >= 0.3 is 0 Å². The van der Waals surface area contributed by atoms with E-state index in [0.29, 0.717) is 11.7 Å². The summed E-state index contributed by atoms with van der Waals surface area (Å²) in [5.41, 5.74) is 5.68. The van der Waals surface area contributed by atoms with Gasteiger partial charge in [-0.1, -0.05) is 80.1 Å². The third-order valence-electron chi connectivity index (χ3n) is 6.80. The molecule has 4 aromatic rings. The van der Waals surface area contributed by atoms with E-state index in [9.17, 15) is 5.11 Å². The number of fused-ring (bicyclic) bond motifs is 3. The minimum Gasteiger partial charge on any atom is -0.497 e. The van der Waals surface area contributed by atoms with Crippen molar-refractivity contribution in [3.8, 4) is 11.5 Å². The molecule has 34 heavy (non-hydrogen) atoms. The van der Waals surface area contributed by atoms with E-state index >= 15 is 0 Å². The van der Waals surface area contributed by atoms with Gasteiger partial charge in [0.15, 0.2) is 5.60 Å². The molecule has 0 radical (unpaired) electrons. The van der Waals surface area contributed by atoms with E-state index in [0.717, 1.165) is 38.8 Å². The molecule has 3 heteroatoms. The van der Waals surface area contributed by atoms with Gasteiger partial charge in [0.2, 0.25) is 0 Å². The van der Waals surface area contributed by atoms with Crippen molar-refractivity contribution < 1.29 is 14.6 Å². The van der Waals surface area contributed by atoms with Crippen molar-refractivity contribution in [1.29, 1.82) is 0 Å². The zero-order valence-corrected chi connectivity index (χ0v) is 20.1. The van der Waals surface area contributed by atoms with E-state index in [4.69, 9.17) is 9.47 Å². The minimum atomic E-state index is -0.771.